The number of carbonyl (C=O) groups is 1. The fraction of sp³-hybridized carbons (Fsp3) is 0.222. The van der Waals surface area contributed by atoms with Crippen LogP contribution in [0, 0.1) is 0 Å². The van der Waals surface area contributed by atoms with Gasteiger partial charge in [0.15, 0.2) is 5.65 Å². The zero-order valence-electron chi connectivity index (χ0n) is 8.28. The lowest BCUT2D eigenvalue weighted by atomic mass is 10.3. The SMILES string of the molecule is NC(COc1ccc2nccn2n1)C(=O)O. The number of rotatable bonds is 4. The van der Waals surface area contributed by atoms with Gasteiger partial charge in [0.1, 0.15) is 12.6 Å². The summed E-state index contributed by atoms with van der Waals surface area (Å²) in [6, 6.07) is 2.27. The van der Waals surface area contributed by atoms with Crippen LogP contribution in [-0.2, 0) is 4.79 Å². The Kier molecular flexibility index (Phi) is 2.69. The highest BCUT2D eigenvalue weighted by Crippen LogP contribution is 2.07. The number of carboxylic acid groups (broad SMARTS) is 1. The van der Waals surface area contributed by atoms with Crippen LogP contribution >= 0.6 is 0 Å². The molecule has 0 aliphatic heterocycles. The Hall–Kier alpha value is -2.15. The third-order valence-electron chi connectivity index (χ3n) is 1.96. The molecule has 0 spiro atoms. The molecule has 1 atom stereocenters. The lowest BCUT2D eigenvalue weighted by molar-refractivity contribution is -0.139. The topological polar surface area (TPSA) is 103 Å². The van der Waals surface area contributed by atoms with Crippen molar-refractivity contribution in [2.75, 3.05) is 6.61 Å². The summed E-state index contributed by atoms with van der Waals surface area (Å²) in [5.74, 6) is -0.800. The normalized spacial score (nSPS) is 12.6. The van der Waals surface area contributed by atoms with Crippen molar-refractivity contribution in [1.82, 2.24) is 14.6 Å². The quantitative estimate of drug-likeness (QED) is 0.724. The fourth-order valence-electron chi connectivity index (χ4n) is 1.12. The van der Waals surface area contributed by atoms with Gasteiger partial charge in [0.2, 0.25) is 5.88 Å². The van der Waals surface area contributed by atoms with Crippen molar-refractivity contribution in [1.29, 1.82) is 0 Å². The molecule has 2 rings (SSSR count). The highest BCUT2D eigenvalue weighted by molar-refractivity contribution is 5.73. The molecular weight excluding hydrogens is 212 g/mol. The smallest absolute Gasteiger partial charge is 0.324 e. The summed E-state index contributed by atoms with van der Waals surface area (Å²) in [5, 5.41) is 12.6. The first kappa shape index (κ1) is 10.4. The second-order valence-corrected chi connectivity index (χ2v) is 3.16. The zero-order valence-corrected chi connectivity index (χ0v) is 8.28. The largest absolute Gasteiger partial charge is 0.480 e. The van der Waals surface area contributed by atoms with Crippen LogP contribution in [0.5, 0.6) is 5.88 Å². The van der Waals surface area contributed by atoms with Crippen LogP contribution in [0.25, 0.3) is 5.65 Å². The van der Waals surface area contributed by atoms with Crippen LogP contribution in [-0.4, -0.2) is 38.3 Å². The van der Waals surface area contributed by atoms with Gasteiger partial charge in [0, 0.05) is 18.5 Å². The minimum absolute atomic E-state index is 0.122. The fourth-order valence-corrected chi connectivity index (χ4v) is 1.12. The Balaban J connectivity index is 2.06. The molecule has 2 heterocycles. The van der Waals surface area contributed by atoms with E-state index >= 15 is 0 Å². The highest BCUT2D eigenvalue weighted by atomic mass is 16.5. The predicted molar refractivity (Wildman–Crippen MR) is 54.1 cm³/mol. The molecular formula is C9H10N4O3. The van der Waals surface area contributed by atoms with Gasteiger partial charge < -0.3 is 15.6 Å². The maximum Gasteiger partial charge on any atom is 0.324 e. The van der Waals surface area contributed by atoms with E-state index in [0.29, 0.717) is 11.5 Å². The molecule has 0 aliphatic rings. The molecule has 84 valence electrons. The van der Waals surface area contributed by atoms with E-state index in [1.807, 2.05) is 0 Å². The second kappa shape index (κ2) is 4.15. The van der Waals surface area contributed by atoms with Crippen LogP contribution in [0.3, 0.4) is 0 Å². The number of hydrogen-bond acceptors (Lipinski definition) is 5. The third kappa shape index (κ3) is 2.09. The Morgan fingerprint density at radius 2 is 2.44 bits per heavy atom. The maximum atomic E-state index is 10.5. The van der Waals surface area contributed by atoms with E-state index in [-0.39, 0.29) is 6.61 Å². The summed E-state index contributed by atoms with van der Waals surface area (Å²) in [4.78, 5) is 14.5. The molecule has 0 saturated carbocycles. The molecule has 7 nitrogen and oxygen atoms in total. The van der Waals surface area contributed by atoms with Crippen molar-refractivity contribution in [3.8, 4) is 5.88 Å². The van der Waals surface area contributed by atoms with Crippen molar-refractivity contribution >= 4 is 11.6 Å². The standard InChI is InChI=1S/C9H10N4O3/c10-6(9(14)15)5-16-8-2-1-7-11-3-4-13(7)12-8/h1-4,6H,5,10H2,(H,14,15). The first-order chi connectivity index (χ1) is 7.66. The maximum absolute atomic E-state index is 10.5. The lowest BCUT2D eigenvalue weighted by Gasteiger charge is -2.08. The average molecular weight is 222 g/mol. The Labute approximate surface area is 90.5 Å². The number of hydrogen-bond donors (Lipinski definition) is 2. The number of imidazole rings is 1. The molecule has 0 amide bonds. The van der Waals surface area contributed by atoms with Gasteiger partial charge in [0.05, 0.1) is 0 Å². The predicted octanol–water partition coefficient (Wildman–Crippen LogP) is -0.480. The monoisotopic (exact) mass is 222 g/mol. The van der Waals surface area contributed by atoms with E-state index in [2.05, 4.69) is 10.1 Å². The van der Waals surface area contributed by atoms with Crippen molar-refractivity contribution in [2.45, 2.75) is 6.04 Å². The summed E-state index contributed by atoms with van der Waals surface area (Å²) in [5.41, 5.74) is 5.98. The molecule has 16 heavy (non-hydrogen) atoms. The summed E-state index contributed by atoms with van der Waals surface area (Å²) in [6.07, 6.45) is 3.27. The molecule has 0 aliphatic carbocycles. The lowest BCUT2D eigenvalue weighted by Crippen LogP contribution is -2.36. The van der Waals surface area contributed by atoms with Gasteiger partial charge in [-0.3, -0.25) is 4.79 Å². The number of nitrogens with two attached hydrogens (primary N) is 1. The molecule has 2 aromatic heterocycles. The molecule has 7 heteroatoms. The van der Waals surface area contributed by atoms with Crippen LogP contribution in [0.15, 0.2) is 24.5 Å². The van der Waals surface area contributed by atoms with E-state index in [4.69, 9.17) is 15.6 Å². The number of nitrogens with zero attached hydrogens (tertiary/aromatic N) is 3. The van der Waals surface area contributed by atoms with Crippen LogP contribution in [0.2, 0.25) is 0 Å². The van der Waals surface area contributed by atoms with Crippen LogP contribution < -0.4 is 10.5 Å². The van der Waals surface area contributed by atoms with Gasteiger partial charge in [0.25, 0.3) is 0 Å². The van der Waals surface area contributed by atoms with Crippen molar-refractivity contribution in [3.63, 3.8) is 0 Å². The molecule has 0 bridgehead atoms. The molecule has 2 aromatic rings. The summed E-state index contributed by atoms with van der Waals surface area (Å²) in [6.45, 7) is -0.122. The first-order valence-electron chi connectivity index (χ1n) is 4.58. The van der Waals surface area contributed by atoms with E-state index in [1.54, 1.807) is 24.5 Å². The van der Waals surface area contributed by atoms with Gasteiger partial charge in [-0.2, -0.15) is 0 Å². The van der Waals surface area contributed by atoms with E-state index in [9.17, 15) is 4.79 Å². The van der Waals surface area contributed by atoms with Gasteiger partial charge in [-0.15, -0.1) is 5.10 Å². The first-order valence-corrected chi connectivity index (χ1v) is 4.58. The number of aliphatic carboxylic acids is 1. The number of fused-ring (bicyclic) bond motifs is 1. The number of aromatic nitrogens is 3. The minimum atomic E-state index is -1.11. The Morgan fingerprint density at radius 3 is 3.19 bits per heavy atom. The Morgan fingerprint density at radius 1 is 1.62 bits per heavy atom. The summed E-state index contributed by atoms with van der Waals surface area (Å²) < 4.78 is 6.67. The number of ether oxygens (including phenoxy) is 1. The van der Waals surface area contributed by atoms with E-state index in [1.165, 1.54) is 4.52 Å². The third-order valence-corrected chi connectivity index (χ3v) is 1.96. The summed E-state index contributed by atoms with van der Waals surface area (Å²) in [7, 11) is 0. The van der Waals surface area contributed by atoms with Gasteiger partial charge in [-0.25, -0.2) is 9.50 Å². The molecule has 0 aromatic carbocycles. The zero-order chi connectivity index (χ0) is 11.5. The molecule has 0 saturated heterocycles. The van der Waals surface area contributed by atoms with E-state index < -0.39 is 12.0 Å². The van der Waals surface area contributed by atoms with Crippen molar-refractivity contribution < 1.29 is 14.6 Å². The summed E-state index contributed by atoms with van der Waals surface area (Å²) >= 11 is 0. The van der Waals surface area contributed by atoms with Gasteiger partial charge >= 0.3 is 5.97 Å². The van der Waals surface area contributed by atoms with Gasteiger partial charge in [-0.05, 0) is 6.07 Å². The molecule has 0 fully saturated rings. The molecule has 0 radical (unpaired) electrons. The van der Waals surface area contributed by atoms with E-state index in [0.717, 1.165) is 0 Å². The molecule has 1 unspecified atom stereocenters. The second-order valence-electron chi connectivity index (χ2n) is 3.16. The van der Waals surface area contributed by atoms with Crippen LogP contribution in [0.1, 0.15) is 0 Å². The molecule has 3 N–H and O–H groups in total. The van der Waals surface area contributed by atoms with Crippen molar-refractivity contribution in [3.05, 3.63) is 24.5 Å². The van der Waals surface area contributed by atoms with Crippen LogP contribution in [0.4, 0.5) is 0 Å². The Bertz CT molecular complexity index is 510. The minimum Gasteiger partial charge on any atom is -0.480 e. The van der Waals surface area contributed by atoms with Gasteiger partial charge in [-0.1, -0.05) is 0 Å². The number of carboxylic acids is 1. The van der Waals surface area contributed by atoms with Crippen molar-refractivity contribution in [2.24, 2.45) is 5.73 Å². The highest BCUT2D eigenvalue weighted by Gasteiger charge is 2.12. The average Bonchev–Trinajstić information content (AvgIpc) is 2.72.